The minimum atomic E-state index is -1.00. The molecule has 0 unspecified atom stereocenters. The third-order valence-electron chi connectivity index (χ3n) is 8.35. The second kappa shape index (κ2) is 22.0. The highest BCUT2D eigenvalue weighted by atomic mass is 32.2. The number of hydrogen-bond acceptors (Lipinski definition) is 12. The molecule has 20 heteroatoms. The van der Waals surface area contributed by atoms with Crippen LogP contribution in [0.1, 0.15) is 79.8 Å². The number of unbranched alkanes of at least 4 members (excludes halogenated alkanes) is 2. The number of halogens is 1. The number of fused-ring (bicyclic) bond motifs is 2. The van der Waals surface area contributed by atoms with Crippen molar-refractivity contribution in [1.29, 1.82) is 0 Å². The number of urea groups is 2. The van der Waals surface area contributed by atoms with Gasteiger partial charge in [-0.3, -0.25) is 33.6 Å². The van der Waals surface area contributed by atoms with E-state index in [1.54, 1.807) is 0 Å². The smallest absolute Gasteiger partial charge is 0.333 e. The Labute approximate surface area is 306 Å². The summed E-state index contributed by atoms with van der Waals surface area (Å²) in [4.78, 5) is 92.4. The number of nitrogens with one attached hydrogen (secondary N) is 4. The van der Waals surface area contributed by atoms with Gasteiger partial charge in [0.05, 0.1) is 32.7 Å². The zero-order valence-electron chi connectivity index (χ0n) is 29.8. The molecule has 6 N–H and O–H groups in total. The summed E-state index contributed by atoms with van der Waals surface area (Å²) in [5, 5.41) is 30.1. The number of carboxylic acid groups (broad SMARTS) is 1. The predicted octanol–water partition coefficient (Wildman–Crippen LogP) is 1.48. The van der Waals surface area contributed by atoms with Crippen LogP contribution in [-0.2, 0) is 33.6 Å². The summed E-state index contributed by atoms with van der Waals surface area (Å²) in [5.41, 5.74) is 0. The highest BCUT2D eigenvalue weighted by molar-refractivity contribution is 8.00. The molecule has 8 amide bonds. The van der Waals surface area contributed by atoms with E-state index < -0.39 is 42.7 Å². The first-order chi connectivity index (χ1) is 25.3. The Bertz CT molecular complexity index is 1350. The first-order valence-corrected chi connectivity index (χ1v) is 18.3. The summed E-state index contributed by atoms with van der Waals surface area (Å²) in [6.45, 7) is 0. The van der Waals surface area contributed by atoms with Crippen molar-refractivity contribution in [2.45, 2.75) is 112 Å². The van der Waals surface area contributed by atoms with E-state index in [0.29, 0.717) is 22.0 Å². The minimum absolute atomic E-state index is 0.0640. The lowest BCUT2D eigenvalue weighted by Crippen LogP contribution is -2.36. The lowest BCUT2D eigenvalue weighted by molar-refractivity contribution is -0.197. The second-order valence-corrected chi connectivity index (χ2v) is 14.3. The van der Waals surface area contributed by atoms with Crippen LogP contribution in [0.4, 0.5) is 14.0 Å². The van der Waals surface area contributed by atoms with Gasteiger partial charge in [0.15, 0.2) is 0 Å². The summed E-state index contributed by atoms with van der Waals surface area (Å²) in [6.07, 6.45) is 11.7. The van der Waals surface area contributed by atoms with Crippen molar-refractivity contribution in [1.82, 2.24) is 31.4 Å². The van der Waals surface area contributed by atoms with Gasteiger partial charge in [-0.1, -0.05) is 12.8 Å². The fraction of sp³-hybridized carbons (Fsp3) is 0.677. The van der Waals surface area contributed by atoms with Gasteiger partial charge >= 0.3 is 24.0 Å². The Morgan fingerprint density at radius 2 is 1.24 bits per heavy atom. The third-order valence-corrected chi connectivity index (χ3v) is 11.4. The quantitative estimate of drug-likeness (QED) is 0.0576. The van der Waals surface area contributed by atoms with Gasteiger partial charge in [0.25, 0.3) is 23.6 Å². The summed E-state index contributed by atoms with van der Waals surface area (Å²) < 4.78 is 21.2. The molecule has 6 atom stereocenters. The van der Waals surface area contributed by atoms with Crippen molar-refractivity contribution >= 4 is 71.2 Å². The number of amides is 8. The van der Waals surface area contributed by atoms with Gasteiger partial charge in [-0.15, -0.1) is 17.9 Å². The van der Waals surface area contributed by atoms with E-state index in [2.05, 4.69) is 27.7 Å². The lowest BCUT2D eigenvalue weighted by Gasteiger charge is -2.16. The van der Waals surface area contributed by atoms with Crippen LogP contribution >= 0.6 is 23.5 Å². The number of terminal acetylenes is 1. The van der Waals surface area contributed by atoms with Gasteiger partial charge < -0.3 is 31.2 Å². The molecule has 0 bridgehead atoms. The molecular weight excluding hydrogens is 716 g/mol. The van der Waals surface area contributed by atoms with Gasteiger partial charge in [-0.25, -0.2) is 14.4 Å². The van der Waals surface area contributed by atoms with E-state index in [1.165, 1.54) is 6.40 Å². The average molecular weight is 763 g/mol. The number of thioether (sulfide) groups is 2. The molecule has 6 aliphatic rings. The van der Waals surface area contributed by atoms with E-state index in [4.69, 9.17) is 17.9 Å². The summed E-state index contributed by atoms with van der Waals surface area (Å²) in [5.74, 6) is -1.33. The zero-order valence-corrected chi connectivity index (χ0v) is 29.4. The van der Waals surface area contributed by atoms with Crippen LogP contribution in [0.15, 0.2) is 0 Å². The Balaban J connectivity index is 0.000000279. The van der Waals surface area contributed by atoms with E-state index in [-0.39, 0.29) is 79.8 Å². The second-order valence-electron chi connectivity index (χ2n) is 11.8. The number of nitrogens with zero attached hydrogens (tertiary/aromatic N) is 2. The SMILES string of the molecule is O=C(O)CCCC[C@@H]1SC[C@@H]2NC(=O)N[C@@H]21.O=C1CCC(=O)N1O.O=C1N[C@H]2[C@H](CS[C@H]2CCCCC(=O)ON2C(=O)CCC2=O)N1.[2H]C#C.[2H]CF. The largest absolute Gasteiger partial charge is 0.481 e. The number of alkyl halides is 1. The van der Waals surface area contributed by atoms with Crippen molar-refractivity contribution in [3.63, 3.8) is 0 Å². The van der Waals surface area contributed by atoms with Crippen LogP contribution in [0, 0.1) is 12.8 Å². The number of hydroxylamine groups is 4. The van der Waals surface area contributed by atoms with Gasteiger partial charge in [0, 0.05) is 60.5 Å². The number of carbonyl (C=O) groups is 8. The van der Waals surface area contributed by atoms with Crippen LogP contribution in [-0.4, -0.2) is 121 Å². The number of carbonyl (C=O) groups excluding carboxylic acids is 7. The van der Waals surface area contributed by atoms with Gasteiger partial charge in [0.2, 0.25) is 0 Å². The lowest BCUT2D eigenvalue weighted by atomic mass is 10.0. The molecular formula is C31H45FN6O11S2. The van der Waals surface area contributed by atoms with Crippen LogP contribution in [0.25, 0.3) is 0 Å². The molecule has 0 spiro atoms. The van der Waals surface area contributed by atoms with Crippen molar-refractivity contribution in [3.05, 3.63) is 0 Å². The highest BCUT2D eigenvalue weighted by Gasteiger charge is 2.43. The van der Waals surface area contributed by atoms with Crippen LogP contribution in [0.3, 0.4) is 0 Å². The van der Waals surface area contributed by atoms with Crippen LogP contribution in [0.2, 0.25) is 0 Å². The topological polar surface area (TPSA) is 241 Å². The molecule has 0 aromatic heterocycles. The fourth-order valence-electron chi connectivity index (χ4n) is 5.89. The van der Waals surface area contributed by atoms with Crippen LogP contribution < -0.4 is 21.3 Å². The molecule has 0 aromatic carbocycles. The molecule has 6 saturated heterocycles. The molecule has 0 aliphatic carbocycles. The van der Waals surface area contributed by atoms with Crippen molar-refractivity contribution in [3.8, 4) is 12.8 Å². The molecule has 51 heavy (non-hydrogen) atoms. The number of carboxylic acids is 1. The van der Waals surface area contributed by atoms with E-state index in [9.17, 15) is 42.7 Å². The Morgan fingerprint density at radius 1 is 0.824 bits per heavy atom. The van der Waals surface area contributed by atoms with Gasteiger partial charge in [-0.2, -0.15) is 28.6 Å². The Kier molecular flexibility index (Phi) is 17.1. The molecule has 6 heterocycles. The summed E-state index contributed by atoms with van der Waals surface area (Å²) in [7, 11) is -1.00. The number of imide groups is 2. The standard InChI is InChI=1S/C14H19N3O5S.C10H16N2O3S.C4H5NO3.C2H2.CH3F/c18-10-5-6-11(19)17(10)22-12(20)4-2-1-3-9-13-8(7-23-9)15-14(21)16-13;13-8(14)4-2-1-3-7-9-6(5-16-7)11-10(15)12-9;6-3-1-2-4(7)5(3)8;2*1-2/h8-9,13H,1-7H2,(H2,15,16,21);6-7,9H,1-5H2,(H,13,14)(H2,11,12,15);8H,1-2H2;1-2H;1H3/t8-,9-,13-;6-,7-,9-;;;/m00.../s1/i;;;2*1D. The maximum absolute atomic E-state index is 11.7. The molecule has 17 nitrogen and oxygen atoms in total. The summed E-state index contributed by atoms with van der Waals surface area (Å²) >= 11 is 3.70. The number of hydrogen-bond donors (Lipinski definition) is 6. The van der Waals surface area contributed by atoms with Gasteiger partial charge in [-0.05, 0) is 25.7 Å². The molecule has 0 aromatic rings. The third kappa shape index (κ3) is 13.2. The molecule has 6 fully saturated rings. The molecule has 284 valence electrons. The van der Waals surface area contributed by atoms with Crippen molar-refractivity contribution in [2.24, 2.45) is 0 Å². The van der Waals surface area contributed by atoms with E-state index in [1.807, 2.05) is 23.5 Å². The zero-order chi connectivity index (χ0) is 39.5. The molecule has 6 rings (SSSR count). The first kappa shape index (κ1) is 39.7. The summed E-state index contributed by atoms with van der Waals surface area (Å²) in [6, 6.07) is 0.706. The molecule has 6 aliphatic heterocycles. The molecule has 0 saturated carbocycles. The van der Waals surface area contributed by atoms with Crippen LogP contribution in [0.5, 0.6) is 0 Å². The first-order valence-electron chi connectivity index (χ1n) is 17.4. The Hall–Kier alpha value is -4.09. The normalized spacial score (nSPS) is 27.1. The number of aliphatic carboxylic acids is 1. The average Bonchev–Trinajstić information content (AvgIpc) is 3.95. The van der Waals surface area contributed by atoms with E-state index >= 15 is 0 Å². The Morgan fingerprint density at radius 3 is 1.63 bits per heavy atom. The van der Waals surface area contributed by atoms with E-state index in [0.717, 1.165) is 43.6 Å². The molecule has 0 radical (unpaired) electrons. The van der Waals surface area contributed by atoms with Crippen molar-refractivity contribution < 1.29 is 60.6 Å². The monoisotopic (exact) mass is 762 g/mol. The number of rotatable bonds is 11. The van der Waals surface area contributed by atoms with Crippen molar-refractivity contribution in [2.75, 3.05) is 18.7 Å². The minimum Gasteiger partial charge on any atom is -0.481 e. The maximum Gasteiger partial charge on any atom is 0.333 e. The fourth-order valence-corrected chi connectivity index (χ4v) is 8.98. The maximum atomic E-state index is 11.7. The predicted molar refractivity (Wildman–Crippen MR) is 183 cm³/mol. The van der Waals surface area contributed by atoms with Gasteiger partial charge in [0.1, 0.15) is 1.37 Å². The highest BCUT2D eigenvalue weighted by Crippen LogP contribution is 2.34.